The van der Waals surface area contributed by atoms with Crippen molar-refractivity contribution in [2.45, 2.75) is 25.6 Å². The van der Waals surface area contributed by atoms with Gasteiger partial charge in [-0.2, -0.15) is 0 Å². The van der Waals surface area contributed by atoms with Gasteiger partial charge in [0.2, 0.25) is 0 Å². The van der Waals surface area contributed by atoms with Crippen LogP contribution in [-0.2, 0) is 13.1 Å². The van der Waals surface area contributed by atoms with E-state index in [0.717, 1.165) is 25.1 Å². The average Bonchev–Trinajstić information content (AvgIpc) is 3.10. The van der Waals surface area contributed by atoms with Crippen LogP contribution in [0.2, 0.25) is 0 Å². The first-order chi connectivity index (χ1) is 13.7. The molecule has 0 saturated carbocycles. The number of rotatable bonds is 5. The van der Waals surface area contributed by atoms with Gasteiger partial charge in [-0.3, -0.25) is 4.90 Å². The van der Waals surface area contributed by atoms with Gasteiger partial charge in [0.15, 0.2) is 11.5 Å². The van der Waals surface area contributed by atoms with Gasteiger partial charge in [-0.25, -0.2) is 4.39 Å². The molecule has 2 aromatic carbocycles. The van der Waals surface area contributed by atoms with Crippen molar-refractivity contribution in [3.8, 4) is 11.5 Å². The van der Waals surface area contributed by atoms with E-state index in [2.05, 4.69) is 33.9 Å². The van der Waals surface area contributed by atoms with Crippen LogP contribution < -0.4 is 9.47 Å². The van der Waals surface area contributed by atoms with E-state index in [0.29, 0.717) is 23.6 Å². The maximum Gasteiger partial charge on any atom is 0.161 e. The van der Waals surface area contributed by atoms with Gasteiger partial charge in [0.1, 0.15) is 5.82 Å². The second-order valence-electron chi connectivity index (χ2n) is 7.06. The van der Waals surface area contributed by atoms with Crippen LogP contribution in [0.25, 0.3) is 0 Å². The minimum absolute atomic E-state index is 0.0110. The molecule has 1 atom stereocenters. The van der Waals surface area contributed by atoms with Gasteiger partial charge in [-0.15, -0.1) is 0 Å². The number of benzene rings is 2. The normalized spacial score (nSPS) is 17.0. The average molecular weight is 380 g/mol. The molecule has 0 bridgehead atoms. The van der Waals surface area contributed by atoms with E-state index in [1.165, 1.54) is 11.8 Å². The van der Waals surface area contributed by atoms with E-state index < -0.39 is 0 Å². The summed E-state index contributed by atoms with van der Waals surface area (Å²) in [4.78, 5) is 2.35. The third-order valence-electron chi connectivity index (χ3n) is 5.41. The Hall–Kier alpha value is -2.79. The molecule has 5 heteroatoms. The molecule has 146 valence electrons. The zero-order valence-corrected chi connectivity index (χ0v) is 16.3. The molecule has 0 aliphatic carbocycles. The molecular formula is C23H25FN2O2. The lowest BCUT2D eigenvalue weighted by molar-refractivity contribution is 0.217. The predicted molar refractivity (Wildman–Crippen MR) is 107 cm³/mol. The largest absolute Gasteiger partial charge is 0.493 e. The Balaban J connectivity index is 1.78. The van der Waals surface area contributed by atoms with Crippen molar-refractivity contribution in [1.29, 1.82) is 0 Å². The first-order valence-electron chi connectivity index (χ1n) is 9.55. The number of ether oxygens (including phenoxy) is 2. The Morgan fingerprint density at radius 3 is 2.57 bits per heavy atom. The van der Waals surface area contributed by atoms with Gasteiger partial charge in [0.25, 0.3) is 0 Å². The summed E-state index contributed by atoms with van der Waals surface area (Å²) in [6, 6.07) is 17.3. The van der Waals surface area contributed by atoms with E-state index in [9.17, 15) is 4.39 Å². The highest BCUT2D eigenvalue weighted by Crippen LogP contribution is 2.37. The van der Waals surface area contributed by atoms with Crippen molar-refractivity contribution in [2.75, 3.05) is 20.8 Å². The molecule has 1 aliphatic rings. The van der Waals surface area contributed by atoms with Crippen molar-refractivity contribution < 1.29 is 13.9 Å². The summed E-state index contributed by atoms with van der Waals surface area (Å²) < 4.78 is 27.6. The van der Waals surface area contributed by atoms with Gasteiger partial charge < -0.3 is 14.0 Å². The van der Waals surface area contributed by atoms with Gasteiger partial charge in [0, 0.05) is 37.1 Å². The van der Waals surface area contributed by atoms with Crippen LogP contribution in [-0.4, -0.2) is 30.2 Å². The number of aromatic nitrogens is 1. The first-order valence-corrected chi connectivity index (χ1v) is 9.55. The van der Waals surface area contributed by atoms with E-state index in [4.69, 9.17) is 9.47 Å². The fourth-order valence-electron chi connectivity index (χ4n) is 4.06. The van der Waals surface area contributed by atoms with E-state index in [1.807, 2.05) is 24.3 Å². The highest BCUT2D eigenvalue weighted by atomic mass is 19.1. The lowest BCUT2D eigenvalue weighted by atomic mass is 10.00. The summed E-state index contributed by atoms with van der Waals surface area (Å²) in [6.07, 6.45) is 3.13. The molecule has 0 radical (unpaired) electrons. The molecule has 3 aromatic rings. The number of hydrogen-bond donors (Lipinski definition) is 0. The zero-order valence-electron chi connectivity index (χ0n) is 16.3. The summed E-state index contributed by atoms with van der Waals surface area (Å²) >= 11 is 0. The lowest BCUT2D eigenvalue weighted by Gasteiger charge is -2.31. The van der Waals surface area contributed by atoms with Crippen molar-refractivity contribution in [3.63, 3.8) is 0 Å². The van der Waals surface area contributed by atoms with Gasteiger partial charge in [-0.1, -0.05) is 24.3 Å². The summed E-state index contributed by atoms with van der Waals surface area (Å²) in [7, 11) is 3.29. The molecule has 0 N–H and O–H groups in total. The van der Waals surface area contributed by atoms with Crippen LogP contribution in [0.15, 0.2) is 60.8 Å². The number of nitrogens with zero attached hydrogens (tertiary/aromatic N) is 2. The van der Waals surface area contributed by atoms with Crippen LogP contribution in [0.5, 0.6) is 11.5 Å². The number of aryl methyl sites for hydroxylation is 1. The van der Waals surface area contributed by atoms with Crippen LogP contribution >= 0.6 is 0 Å². The molecular weight excluding hydrogens is 355 g/mol. The van der Waals surface area contributed by atoms with Crippen molar-refractivity contribution in [2.24, 2.45) is 0 Å². The molecule has 2 heterocycles. The van der Waals surface area contributed by atoms with Crippen molar-refractivity contribution in [3.05, 3.63) is 83.4 Å². The monoisotopic (exact) mass is 380 g/mol. The third-order valence-corrected chi connectivity index (χ3v) is 5.41. The maximum absolute atomic E-state index is 14.4. The quantitative estimate of drug-likeness (QED) is 0.645. The SMILES string of the molecule is COc1ccc([C@H]2c3cccn3CCCN2Cc2ccccc2F)cc1OC. The molecule has 0 amide bonds. The highest BCUT2D eigenvalue weighted by Gasteiger charge is 2.28. The Bertz CT molecular complexity index is 953. The molecule has 0 unspecified atom stereocenters. The van der Waals surface area contributed by atoms with Crippen molar-refractivity contribution >= 4 is 0 Å². The van der Waals surface area contributed by atoms with E-state index in [1.54, 1.807) is 20.3 Å². The Morgan fingerprint density at radius 2 is 1.79 bits per heavy atom. The second kappa shape index (κ2) is 8.07. The number of hydrogen-bond acceptors (Lipinski definition) is 3. The minimum Gasteiger partial charge on any atom is -0.493 e. The molecule has 1 aromatic heterocycles. The summed E-state index contributed by atoms with van der Waals surface area (Å²) in [5, 5.41) is 0. The molecule has 0 saturated heterocycles. The molecule has 0 fully saturated rings. The fraction of sp³-hybridized carbons (Fsp3) is 0.304. The molecule has 1 aliphatic heterocycles. The summed E-state index contributed by atoms with van der Waals surface area (Å²) in [5.41, 5.74) is 3.03. The molecule has 0 spiro atoms. The smallest absolute Gasteiger partial charge is 0.161 e. The van der Waals surface area contributed by atoms with Gasteiger partial charge >= 0.3 is 0 Å². The van der Waals surface area contributed by atoms with Gasteiger partial charge in [-0.05, 0) is 42.3 Å². The standard InChI is InChI=1S/C23H25FN2O2/c1-27-21-11-10-17(15-22(21)28-2)23-20-9-5-12-25(20)13-6-14-26(23)16-18-7-3-4-8-19(18)24/h3-5,7-12,15,23H,6,13-14,16H2,1-2H3/t23-/m0/s1. The predicted octanol–water partition coefficient (Wildman–Crippen LogP) is 4.64. The van der Waals surface area contributed by atoms with E-state index >= 15 is 0 Å². The Morgan fingerprint density at radius 1 is 0.964 bits per heavy atom. The second-order valence-corrected chi connectivity index (χ2v) is 7.06. The molecule has 28 heavy (non-hydrogen) atoms. The number of methoxy groups -OCH3 is 2. The topological polar surface area (TPSA) is 26.6 Å². The number of fused-ring (bicyclic) bond motifs is 1. The van der Waals surface area contributed by atoms with Crippen LogP contribution in [0, 0.1) is 5.82 Å². The highest BCUT2D eigenvalue weighted by molar-refractivity contribution is 5.45. The number of halogens is 1. The lowest BCUT2D eigenvalue weighted by Crippen LogP contribution is -2.30. The van der Waals surface area contributed by atoms with Gasteiger partial charge in [0.05, 0.1) is 20.3 Å². The van der Waals surface area contributed by atoms with E-state index in [-0.39, 0.29) is 11.9 Å². The van der Waals surface area contributed by atoms with Crippen molar-refractivity contribution in [1.82, 2.24) is 9.47 Å². The maximum atomic E-state index is 14.4. The molecule has 4 nitrogen and oxygen atoms in total. The minimum atomic E-state index is -0.159. The fourth-order valence-corrected chi connectivity index (χ4v) is 4.06. The first kappa shape index (κ1) is 18.6. The third kappa shape index (κ3) is 3.50. The summed E-state index contributed by atoms with van der Waals surface area (Å²) in [5.74, 6) is 1.25. The van der Waals surface area contributed by atoms with Crippen LogP contribution in [0.1, 0.15) is 29.3 Å². The Kier molecular flexibility index (Phi) is 5.35. The zero-order chi connectivity index (χ0) is 19.5. The molecule has 4 rings (SSSR count). The van der Waals surface area contributed by atoms with Crippen LogP contribution in [0.3, 0.4) is 0 Å². The van der Waals surface area contributed by atoms with Crippen LogP contribution in [0.4, 0.5) is 4.39 Å². The Labute approximate surface area is 165 Å². The summed E-state index contributed by atoms with van der Waals surface area (Å²) in [6.45, 7) is 2.39.